The van der Waals surface area contributed by atoms with Crippen LogP contribution in [-0.4, -0.2) is 74.9 Å². The number of ether oxygens (including phenoxy) is 1. The van der Waals surface area contributed by atoms with Gasteiger partial charge in [0.05, 0.1) is 6.61 Å². The summed E-state index contributed by atoms with van der Waals surface area (Å²) in [5, 5.41) is 3.38. The zero-order valence-electron chi connectivity index (χ0n) is 13.9. The Labute approximate surface area is 124 Å². The van der Waals surface area contributed by atoms with Gasteiger partial charge < -0.3 is 15.0 Å². The minimum Gasteiger partial charge on any atom is -0.381 e. The lowest BCUT2D eigenvalue weighted by molar-refractivity contribution is -0.0371. The first-order valence-electron chi connectivity index (χ1n) is 8.15. The van der Waals surface area contributed by atoms with Crippen molar-refractivity contribution in [1.29, 1.82) is 0 Å². The van der Waals surface area contributed by atoms with E-state index in [9.17, 15) is 0 Å². The van der Waals surface area contributed by atoms with Gasteiger partial charge in [0, 0.05) is 56.8 Å². The van der Waals surface area contributed by atoms with Gasteiger partial charge >= 0.3 is 0 Å². The fraction of sp³-hybridized carbons (Fsp3) is 1.00. The maximum Gasteiger partial charge on any atom is 0.0546 e. The quantitative estimate of drug-likeness (QED) is 0.844. The highest BCUT2D eigenvalue weighted by Crippen LogP contribution is 2.30. The lowest BCUT2D eigenvalue weighted by Crippen LogP contribution is -2.57. The summed E-state index contributed by atoms with van der Waals surface area (Å²) in [6, 6.07) is 0. The number of nitrogens with zero attached hydrogens (tertiary/aromatic N) is 2. The van der Waals surface area contributed by atoms with Crippen molar-refractivity contribution in [1.82, 2.24) is 15.1 Å². The van der Waals surface area contributed by atoms with Crippen LogP contribution in [0.1, 0.15) is 33.6 Å². The van der Waals surface area contributed by atoms with E-state index in [1.165, 1.54) is 45.6 Å². The summed E-state index contributed by atoms with van der Waals surface area (Å²) in [6.45, 7) is 15.9. The topological polar surface area (TPSA) is 27.7 Å². The molecule has 0 bridgehead atoms. The van der Waals surface area contributed by atoms with Crippen molar-refractivity contribution in [2.75, 3.05) is 59.5 Å². The first kappa shape index (κ1) is 16.2. The number of rotatable bonds is 4. The first-order valence-corrected chi connectivity index (χ1v) is 8.15. The highest BCUT2D eigenvalue weighted by atomic mass is 16.5. The molecule has 2 heterocycles. The Hall–Kier alpha value is -0.160. The molecule has 2 aliphatic heterocycles. The number of hydrogen-bond donors (Lipinski definition) is 1. The predicted octanol–water partition coefficient (Wildman–Crippen LogP) is 1.42. The van der Waals surface area contributed by atoms with Crippen LogP contribution in [0.5, 0.6) is 0 Å². The third-order valence-corrected chi connectivity index (χ3v) is 4.84. The molecule has 2 saturated heterocycles. The standard InChI is InChI=1S/C16H33N3O/c1-15(2,3)19-9-7-18(8-10-19)13-16(12-17-4)6-5-11-20-14-16/h17H,5-14H2,1-4H3. The predicted molar refractivity (Wildman–Crippen MR) is 84.2 cm³/mol. The van der Waals surface area contributed by atoms with Crippen LogP contribution in [0.25, 0.3) is 0 Å². The van der Waals surface area contributed by atoms with E-state index in [1.807, 2.05) is 0 Å². The zero-order valence-corrected chi connectivity index (χ0v) is 13.9. The van der Waals surface area contributed by atoms with Crippen LogP contribution in [0, 0.1) is 5.41 Å². The van der Waals surface area contributed by atoms with E-state index in [0.717, 1.165) is 19.8 Å². The lowest BCUT2D eigenvalue weighted by Gasteiger charge is -2.46. The van der Waals surface area contributed by atoms with E-state index in [0.29, 0.717) is 11.0 Å². The summed E-state index contributed by atoms with van der Waals surface area (Å²) in [5.74, 6) is 0. The Morgan fingerprint density at radius 3 is 2.35 bits per heavy atom. The highest BCUT2D eigenvalue weighted by molar-refractivity contribution is 4.89. The first-order chi connectivity index (χ1) is 9.45. The van der Waals surface area contributed by atoms with Crippen molar-refractivity contribution < 1.29 is 4.74 Å². The van der Waals surface area contributed by atoms with Gasteiger partial charge in [0.15, 0.2) is 0 Å². The SMILES string of the molecule is CNCC1(CN2CCN(C(C)(C)C)CC2)CCCOC1. The van der Waals surface area contributed by atoms with Crippen LogP contribution in [0.4, 0.5) is 0 Å². The molecule has 0 saturated carbocycles. The molecule has 0 amide bonds. The van der Waals surface area contributed by atoms with Crippen LogP contribution < -0.4 is 5.32 Å². The van der Waals surface area contributed by atoms with E-state index in [1.54, 1.807) is 0 Å². The normalized spacial score (nSPS) is 30.6. The number of hydrogen-bond acceptors (Lipinski definition) is 4. The van der Waals surface area contributed by atoms with Gasteiger partial charge in [-0.25, -0.2) is 0 Å². The van der Waals surface area contributed by atoms with Gasteiger partial charge in [0.1, 0.15) is 0 Å². The average molecular weight is 283 g/mol. The average Bonchev–Trinajstić information content (AvgIpc) is 2.39. The van der Waals surface area contributed by atoms with Crippen LogP contribution in [0.3, 0.4) is 0 Å². The summed E-state index contributed by atoms with van der Waals surface area (Å²) in [7, 11) is 2.06. The van der Waals surface area contributed by atoms with Crippen molar-refractivity contribution in [3.8, 4) is 0 Å². The maximum absolute atomic E-state index is 5.78. The van der Waals surface area contributed by atoms with E-state index in [2.05, 4.69) is 42.9 Å². The second-order valence-electron chi connectivity index (χ2n) is 7.62. The summed E-state index contributed by atoms with van der Waals surface area (Å²) in [5.41, 5.74) is 0.638. The van der Waals surface area contributed by atoms with Gasteiger partial charge in [-0.05, 0) is 40.7 Å². The Bertz CT molecular complexity index is 281. The number of nitrogens with one attached hydrogen (secondary N) is 1. The fourth-order valence-electron chi connectivity index (χ4n) is 3.66. The summed E-state index contributed by atoms with van der Waals surface area (Å²) in [6.07, 6.45) is 2.51. The van der Waals surface area contributed by atoms with E-state index in [-0.39, 0.29) is 0 Å². The Morgan fingerprint density at radius 2 is 1.85 bits per heavy atom. The van der Waals surface area contributed by atoms with Gasteiger partial charge in [-0.3, -0.25) is 4.90 Å². The maximum atomic E-state index is 5.78. The van der Waals surface area contributed by atoms with Crippen molar-refractivity contribution in [3.63, 3.8) is 0 Å². The molecule has 0 radical (unpaired) electrons. The highest BCUT2D eigenvalue weighted by Gasteiger charge is 2.35. The molecule has 1 unspecified atom stereocenters. The van der Waals surface area contributed by atoms with Gasteiger partial charge in [-0.15, -0.1) is 0 Å². The molecule has 4 heteroatoms. The molecule has 1 N–H and O–H groups in total. The van der Waals surface area contributed by atoms with Gasteiger partial charge in [-0.1, -0.05) is 0 Å². The van der Waals surface area contributed by atoms with Crippen LogP contribution in [0.2, 0.25) is 0 Å². The molecule has 0 aromatic carbocycles. The smallest absolute Gasteiger partial charge is 0.0546 e. The second-order valence-corrected chi connectivity index (χ2v) is 7.62. The largest absolute Gasteiger partial charge is 0.381 e. The van der Waals surface area contributed by atoms with E-state index in [4.69, 9.17) is 4.74 Å². The summed E-state index contributed by atoms with van der Waals surface area (Å²) < 4.78 is 5.78. The monoisotopic (exact) mass is 283 g/mol. The molecule has 0 aromatic rings. The molecule has 20 heavy (non-hydrogen) atoms. The van der Waals surface area contributed by atoms with Crippen LogP contribution in [-0.2, 0) is 4.74 Å². The van der Waals surface area contributed by atoms with Gasteiger partial charge in [0.2, 0.25) is 0 Å². The molecule has 0 aliphatic carbocycles. The van der Waals surface area contributed by atoms with Crippen LogP contribution >= 0.6 is 0 Å². The van der Waals surface area contributed by atoms with Crippen molar-refractivity contribution in [2.45, 2.75) is 39.2 Å². The molecular formula is C16H33N3O. The van der Waals surface area contributed by atoms with Crippen molar-refractivity contribution >= 4 is 0 Å². The lowest BCUT2D eigenvalue weighted by atomic mass is 9.81. The van der Waals surface area contributed by atoms with Gasteiger partial charge in [-0.2, -0.15) is 0 Å². The van der Waals surface area contributed by atoms with E-state index < -0.39 is 0 Å². The molecule has 118 valence electrons. The van der Waals surface area contributed by atoms with Gasteiger partial charge in [0.25, 0.3) is 0 Å². The van der Waals surface area contributed by atoms with Crippen molar-refractivity contribution in [3.05, 3.63) is 0 Å². The second kappa shape index (κ2) is 6.73. The molecule has 2 rings (SSSR count). The Morgan fingerprint density at radius 1 is 1.15 bits per heavy atom. The molecule has 2 fully saturated rings. The third-order valence-electron chi connectivity index (χ3n) is 4.84. The van der Waals surface area contributed by atoms with E-state index >= 15 is 0 Å². The molecule has 2 aliphatic rings. The summed E-state index contributed by atoms with van der Waals surface area (Å²) >= 11 is 0. The van der Waals surface area contributed by atoms with Crippen molar-refractivity contribution in [2.24, 2.45) is 5.41 Å². The third kappa shape index (κ3) is 4.17. The minimum absolute atomic E-state index is 0.308. The molecule has 0 spiro atoms. The molecule has 0 aromatic heterocycles. The Kier molecular flexibility index (Phi) is 5.46. The molecular weight excluding hydrogens is 250 g/mol. The van der Waals surface area contributed by atoms with Crippen LogP contribution in [0.15, 0.2) is 0 Å². The molecule has 1 atom stereocenters. The summed E-state index contributed by atoms with van der Waals surface area (Å²) in [4.78, 5) is 5.25. The Balaban J connectivity index is 1.86. The zero-order chi connectivity index (χ0) is 14.6. The molecule has 4 nitrogen and oxygen atoms in total. The minimum atomic E-state index is 0.308. The fourth-order valence-corrected chi connectivity index (χ4v) is 3.66. The number of piperazine rings is 1.